The summed E-state index contributed by atoms with van der Waals surface area (Å²) in [5.41, 5.74) is 2.20. The lowest BCUT2D eigenvalue weighted by Gasteiger charge is -2.39. The van der Waals surface area contributed by atoms with Crippen LogP contribution in [0.25, 0.3) is 11.3 Å². The summed E-state index contributed by atoms with van der Waals surface area (Å²) in [4.78, 5) is 21.7. The first-order valence-electron chi connectivity index (χ1n) is 9.66. The first kappa shape index (κ1) is 17.2. The van der Waals surface area contributed by atoms with Gasteiger partial charge in [-0.15, -0.1) is 0 Å². The molecule has 1 heterocycles. The fraction of sp³-hybridized carbons (Fsp3) is 0.476. The molecule has 5 nitrogen and oxygen atoms in total. The fourth-order valence-electron chi connectivity index (χ4n) is 3.97. The van der Waals surface area contributed by atoms with Crippen molar-refractivity contribution < 1.29 is 4.79 Å². The molecule has 2 aliphatic rings. The number of aromatic nitrogens is 2. The molecular weight excluding hydrogens is 324 g/mol. The molecule has 5 heteroatoms. The molecule has 1 aromatic heterocycles. The van der Waals surface area contributed by atoms with Crippen molar-refractivity contribution in [3.05, 3.63) is 47.9 Å². The Labute approximate surface area is 154 Å². The lowest BCUT2D eigenvalue weighted by molar-refractivity contribution is 0.0889. The van der Waals surface area contributed by atoms with Crippen LogP contribution in [-0.4, -0.2) is 34.0 Å². The van der Waals surface area contributed by atoms with E-state index in [1.54, 1.807) is 6.20 Å². The quantitative estimate of drug-likeness (QED) is 0.869. The van der Waals surface area contributed by atoms with Gasteiger partial charge >= 0.3 is 0 Å². The molecule has 2 atom stereocenters. The van der Waals surface area contributed by atoms with Crippen LogP contribution in [0.4, 0.5) is 0 Å². The van der Waals surface area contributed by atoms with Gasteiger partial charge in [0.25, 0.3) is 5.91 Å². The number of hydrogen-bond donors (Lipinski definition) is 2. The fourth-order valence-corrected chi connectivity index (χ4v) is 3.97. The van der Waals surface area contributed by atoms with Crippen LogP contribution in [-0.2, 0) is 0 Å². The van der Waals surface area contributed by atoms with Crippen LogP contribution in [0.15, 0.2) is 36.5 Å². The van der Waals surface area contributed by atoms with Crippen LogP contribution in [0.2, 0.25) is 0 Å². The van der Waals surface area contributed by atoms with E-state index in [0.29, 0.717) is 29.2 Å². The van der Waals surface area contributed by atoms with E-state index in [1.807, 2.05) is 37.3 Å². The third-order valence-corrected chi connectivity index (χ3v) is 5.60. The second-order valence-electron chi connectivity index (χ2n) is 7.46. The van der Waals surface area contributed by atoms with Crippen molar-refractivity contribution in [3.8, 4) is 11.3 Å². The molecule has 4 rings (SSSR count). The van der Waals surface area contributed by atoms with Crippen LogP contribution in [0.3, 0.4) is 0 Å². The number of aryl methyl sites for hydroxylation is 1. The van der Waals surface area contributed by atoms with E-state index >= 15 is 0 Å². The van der Waals surface area contributed by atoms with Gasteiger partial charge in [0.2, 0.25) is 0 Å². The number of benzene rings is 1. The monoisotopic (exact) mass is 350 g/mol. The third kappa shape index (κ3) is 3.63. The molecule has 2 aliphatic carbocycles. The van der Waals surface area contributed by atoms with Gasteiger partial charge in [-0.05, 0) is 32.6 Å². The topological polar surface area (TPSA) is 66.9 Å². The van der Waals surface area contributed by atoms with Crippen LogP contribution in [0.1, 0.15) is 54.7 Å². The van der Waals surface area contributed by atoms with Crippen molar-refractivity contribution in [1.82, 2.24) is 20.6 Å². The lowest BCUT2D eigenvalue weighted by atomic mass is 9.85. The minimum atomic E-state index is -0.0771. The van der Waals surface area contributed by atoms with Crippen molar-refractivity contribution in [2.75, 3.05) is 0 Å². The first-order valence-corrected chi connectivity index (χ1v) is 9.66. The van der Waals surface area contributed by atoms with E-state index in [9.17, 15) is 4.79 Å². The Kier molecular flexibility index (Phi) is 4.98. The number of nitrogens with zero attached hydrogens (tertiary/aromatic N) is 2. The second-order valence-corrected chi connectivity index (χ2v) is 7.46. The minimum absolute atomic E-state index is 0.0771. The highest BCUT2D eigenvalue weighted by atomic mass is 16.1. The molecule has 2 aromatic rings. The molecule has 26 heavy (non-hydrogen) atoms. The van der Waals surface area contributed by atoms with E-state index in [1.165, 1.54) is 25.7 Å². The molecule has 2 N–H and O–H groups in total. The smallest absolute Gasteiger partial charge is 0.255 e. The van der Waals surface area contributed by atoms with Crippen molar-refractivity contribution in [1.29, 1.82) is 0 Å². The number of rotatable bonds is 5. The third-order valence-electron chi connectivity index (χ3n) is 5.60. The average molecular weight is 350 g/mol. The Balaban J connectivity index is 1.48. The van der Waals surface area contributed by atoms with E-state index < -0.39 is 0 Å². The molecule has 0 saturated heterocycles. The number of nitrogens with one attached hydrogen (secondary N) is 2. The molecule has 0 spiro atoms. The number of amides is 1. The van der Waals surface area contributed by atoms with E-state index in [-0.39, 0.29) is 11.9 Å². The Hall–Kier alpha value is -2.27. The van der Waals surface area contributed by atoms with Gasteiger partial charge in [-0.25, -0.2) is 9.97 Å². The summed E-state index contributed by atoms with van der Waals surface area (Å²) in [6.45, 7) is 1.85. The first-order chi connectivity index (χ1) is 12.7. The van der Waals surface area contributed by atoms with Crippen LogP contribution >= 0.6 is 0 Å². The second kappa shape index (κ2) is 7.54. The van der Waals surface area contributed by atoms with Gasteiger partial charge in [0.05, 0.1) is 11.3 Å². The van der Waals surface area contributed by atoms with Crippen molar-refractivity contribution in [2.24, 2.45) is 0 Å². The van der Waals surface area contributed by atoms with Crippen LogP contribution in [0.5, 0.6) is 0 Å². The number of carbonyl (C=O) groups excluding carboxylic acids is 1. The average Bonchev–Trinajstić information content (AvgIpc) is 3.17. The summed E-state index contributed by atoms with van der Waals surface area (Å²) < 4.78 is 0. The SMILES string of the molecule is Cc1ncc(C(=O)N[C@H]2CC[C@H]2NC2CCCC2)c(-c2ccccc2)n1. The summed E-state index contributed by atoms with van der Waals surface area (Å²) in [7, 11) is 0. The Morgan fingerprint density at radius 3 is 2.46 bits per heavy atom. The van der Waals surface area contributed by atoms with Gasteiger partial charge in [0.1, 0.15) is 5.82 Å². The standard InChI is InChI=1S/C21H26N4O/c1-14-22-13-17(20(23-14)15-7-3-2-4-8-15)21(26)25-19-12-11-18(19)24-16-9-5-6-10-16/h2-4,7-8,13,16,18-19,24H,5-6,9-12H2,1H3,(H,25,26)/t18-,19+/m1/s1. The summed E-state index contributed by atoms with van der Waals surface area (Å²) in [5.74, 6) is 0.594. The Morgan fingerprint density at radius 1 is 1.04 bits per heavy atom. The van der Waals surface area contributed by atoms with Crippen molar-refractivity contribution in [3.63, 3.8) is 0 Å². The van der Waals surface area contributed by atoms with Gasteiger partial charge in [0, 0.05) is 29.9 Å². The van der Waals surface area contributed by atoms with Gasteiger partial charge in [-0.3, -0.25) is 4.79 Å². The zero-order valence-corrected chi connectivity index (χ0v) is 15.2. The molecule has 1 aromatic carbocycles. The molecule has 136 valence electrons. The maximum Gasteiger partial charge on any atom is 0.255 e. The highest BCUT2D eigenvalue weighted by Gasteiger charge is 2.34. The number of carbonyl (C=O) groups is 1. The number of hydrogen-bond acceptors (Lipinski definition) is 4. The van der Waals surface area contributed by atoms with Gasteiger partial charge in [0.15, 0.2) is 0 Å². The molecule has 0 unspecified atom stereocenters. The predicted octanol–water partition coefficient (Wildman–Crippen LogP) is 3.25. The predicted molar refractivity (Wildman–Crippen MR) is 102 cm³/mol. The van der Waals surface area contributed by atoms with E-state index in [0.717, 1.165) is 18.4 Å². The highest BCUT2D eigenvalue weighted by molar-refractivity contribution is 5.99. The minimum Gasteiger partial charge on any atom is -0.348 e. The van der Waals surface area contributed by atoms with Crippen molar-refractivity contribution in [2.45, 2.75) is 63.6 Å². The zero-order valence-electron chi connectivity index (χ0n) is 15.2. The van der Waals surface area contributed by atoms with Crippen LogP contribution < -0.4 is 10.6 Å². The van der Waals surface area contributed by atoms with Crippen molar-refractivity contribution >= 4 is 5.91 Å². The molecule has 2 saturated carbocycles. The summed E-state index contributed by atoms with van der Waals surface area (Å²) in [5, 5.41) is 6.94. The van der Waals surface area contributed by atoms with Gasteiger partial charge in [-0.1, -0.05) is 43.2 Å². The Bertz CT molecular complexity index is 771. The maximum atomic E-state index is 12.9. The molecule has 0 radical (unpaired) electrons. The molecule has 0 aliphatic heterocycles. The summed E-state index contributed by atoms with van der Waals surface area (Å²) >= 11 is 0. The largest absolute Gasteiger partial charge is 0.348 e. The lowest BCUT2D eigenvalue weighted by Crippen LogP contribution is -2.58. The normalized spacial score (nSPS) is 22.8. The van der Waals surface area contributed by atoms with Crippen LogP contribution in [0, 0.1) is 6.92 Å². The molecule has 2 fully saturated rings. The summed E-state index contributed by atoms with van der Waals surface area (Å²) in [6.07, 6.45) is 8.99. The summed E-state index contributed by atoms with van der Waals surface area (Å²) in [6, 6.07) is 11.1. The molecule has 0 bridgehead atoms. The Morgan fingerprint density at radius 2 is 1.77 bits per heavy atom. The van der Waals surface area contributed by atoms with Gasteiger partial charge in [-0.2, -0.15) is 0 Å². The van der Waals surface area contributed by atoms with Gasteiger partial charge < -0.3 is 10.6 Å². The highest BCUT2D eigenvalue weighted by Crippen LogP contribution is 2.26. The molecular formula is C21H26N4O. The van der Waals surface area contributed by atoms with E-state index in [2.05, 4.69) is 20.6 Å². The zero-order chi connectivity index (χ0) is 17.9. The van der Waals surface area contributed by atoms with E-state index in [4.69, 9.17) is 0 Å². The molecule has 1 amide bonds. The maximum absolute atomic E-state index is 12.9.